The fraction of sp³-hybridized carbons (Fsp3) is 0.455. The molecule has 102 valence electrons. The molecule has 4 nitrogen and oxygen atoms in total. The van der Waals surface area contributed by atoms with E-state index in [0.29, 0.717) is 18.2 Å². The lowest BCUT2D eigenvalue weighted by Gasteiger charge is -2.11. The van der Waals surface area contributed by atoms with Crippen molar-refractivity contribution in [3.8, 4) is 0 Å². The number of rotatable bonds is 5. The fourth-order valence-corrected chi connectivity index (χ4v) is 1.51. The Hall–Kier alpha value is -0.570. The smallest absolute Gasteiger partial charge is 0.191 e. The van der Waals surface area contributed by atoms with Crippen molar-refractivity contribution in [3.63, 3.8) is 0 Å². The number of thioether (sulfide) groups is 1. The predicted molar refractivity (Wildman–Crippen MR) is 86.2 cm³/mol. The quantitative estimate of drug-likeness (QED) is 0.352. The highest BCUT2D eigenvalue weighted by Crippen LogP contribution is 2.01. The molecule has 0 saturated carbocycles. The average Bonchev–Trinajstić information content (AvgIpc) is 2.35. The lowest BCUT2D eigenvalue weighted by atomic mass is 10.3. The highest BCUT2D eigenvalue weighted by atomic mass is 127. The number of hydrogen-bond donors (Lipinski definition) is 2. The minimum absolute atomic E-state index is 0. The van der Waals surface area contributed by atoms with Gasteiger partial charge in [-0.25, -0.2) is 4.39 Å². The van der Waals surface area contributed by atoms with Gasteiger partial charge >= 0.3 is 0 Å². The van der Waals surface area contributed by atoms with Crippen LogP contribution in [0.25, 0.3) is 0 Å². The summed E-state index contributed by atoms with van der Waals surface area (Å²) >= 11 is 1.75. The molecule has 1 aromatic heterocycles. The number of nitrogens with zero attached hydrogens (tertiary/aromatic N) is 2. The Morgan fingerprint density at radius 2 is 2.28 bits per heavy atom. The van der Waals surface area contributed by atoms with Crippen LogP contribution in [-0.2, 0) is 6.54 Å². The molecule has 0 amide bonds. The van der Waals surface area contributed by atoms with E-state index in [1.807, 2.05) is 6.26 Å². The number of halogens is 2. The molecule has 0 fully saturated rings. The molecule has 18 heavy (non-hydrogen) atoms. The Morgan fingerprint density at radius 3 is 2.89 bits per heavy atom. The van der Waals surface area contributed by atoms with Gasteiger partial charge in [-0.2, -0.15) is 11.8 Å². The van der Waals surface area contributed by atoms with Gasteiger partial charge in [0.15, 0.2) is 5.96 Å². The van der Waals surface area contributed by atoms with Gasteiger partial charge in [0.2, 0.25) is 0 Å². The van der Waals surface area contributed by atoms with Crippen LogP contribution in [0.5, 0.6) is 0 Å². The number of guanidine groups is 1. The second-order valence-corrected chi connectivity index (χ2v) is 4.26. The van der Waals surface area contributed by atoms with Crippen LogP contribution in [0.15, 0.2) is 23.3 Å². The molecule has 0 aliphatic heterocycles. The van der Waals surface area contributed by atoms with Crippen LogP contribution >= 0.6 is 35.7 Å². The summed E-state index contributed by atoms with van der Waals surface area (Å²) < 4.78 is 13.3. The van der Waals surface area contributed by atoms with Gasteiger partial charge in [-0.3, -0.25) is 9.98 Å². The Balaban J connectivity index is 0.00000289. The van der Waals surface area contributed by atoms with Crippen LogP contribution in [-0.4, -0.2) is 36.5 Å². The number of nitrogens with one attached hydrogen (secondary N) is 2. The van der Waals surface area contributed by atoms with E-state index < -0.39 is 0 Å². The minimum Gasteiger partial charge on any atom is -0.356 e. The van der Waals surface area contributed by atoms with Crippen LogP contribution in [0.3, 0.4) is 0 Å². The number of hydrogen-bond acceptors (Lipinski definition) is 3. The van der Waals surface area contributed by atoms with Gasteiger partial charge in [0.25, 0.3) is 0 Å². The SMILES string of the molecule is CN=C(NCCSC)NCc1ncccc1F.I. The number of aliphatic imine (C=N–C) groups is 1. The highest BCUT2D eigenvalue weighted by molar-refractivity contribution is 14.0. The van der Waals surface area contributed by atoms with Crippen molar-refractivity contribution in [1.82, 2.24) is 15.6 Å². The molecule has 0 aliphatic rings. The molecular weight excluding hydrogens is 366 g/mol. The molecule has 0 saturated heterocycles. The Bertz CT molecular complexity index is 376. The lowest BCUT2D eigenvalue weighted by Crippen LogP contribution is -2.38. The molecule has 7 heteroatoms. The van der Waals surface area contributed by atoms with Crippen molar-refractivity contribution in [1.29, 1.82) is 0 Å². The molecule has 0 radical (unpaired) electrons. The molecule has 0 atom stereocenters. The summed E-state index contributed by atoms with van der Waals surface area (Å²) in [6.07, 6.45) is 3.62. The number of aromatic nitrogens is 1. The Labute approximate surface area is 128 Å². The molecule has 1 aromatic rings. The minimum atomic E-state index is -0.306. The fourth-order valence-electron chi connectivity index (χ4n) is 1.21. The molecule has 2 N–H and O–H groups in total. The van der Waals surface area contributed by atoms with E-state index in [4.69, 9.17) is 0 Å². The maximum atomic E-state index is 13.3. The summed E-state index contributed by atoms with van der Waals surface area (Å²) in [6, 6.07) is 2.97. The molecule has 0 bridgehead atoms. The van der Waals surface area contributed by atoms with Crippen LogP contribution in [0.2, 0.25) is 0 Å². The molecule has 0 aromatic carbocycles. The summed E-state index contributed by atoms with van der Waals surface area (Å²) in [4.78, 5) is 8.00. The van der Waals surface area contributed by atoms with Gasteiger partial charge in [-0.05, 0) is 18.4 Å². The maximum absolute atomic E-state index is 13.3. The second-order valence-electron chi connectivity index (χ2n) is 3.28. The summed E-state index contributed by atoms with van der Waals surface area (Å²) in [7, 11) is 1.68. The van der Waals surface area contributed by atoms with Crippen LogP contribution < -0.4 is 10.6 Å². The summed E-state index contributed by atoms with van der Waals surface area (Å²) in [6.45, 7) is 1.15. The third-order valence-electron chi connectivity index (χ3n) is 2.08. The Morgan fingerprint density at radius 1 is 1.50 bits per heavy atom. The first-order valence-electron chi connectivity index (χ1n) is 5.30. The molecule has 0 unspecified atom stereocenters. The van der Waals surface area contributed by atoms with E-state index in [0.717, 1.165) is 12.3 Å². The van der Waals surface area contributed by atoms with E-state index >= 15 is 0 Å². The zero-order chi connectivity index (χ0) is 12.5. The van der Waals surface area contributed by atoms with Crippen molar-refractivity contribution < 1.29 is 4.39 Å². The third-order valence-corrected chi connectivity index (χ3v) is 2.69. The van der Waals surface area contributed by atoms with Crippen LogP contribution in [0, 0.1) is 5.82 Å². The standard InChI is InChI=1S/C11H17FN4S.HI/c1-13-11(15-6-7-17-2)16-8-10-9(12)4-3-5-14-10;/h3-5H,6-8H2,1-2H3,(H2,13,15,16);1H. The van der Waals surface area contributed by atoms with Gasteiger partial charge in [-0.15, -0.1) is 24.0 Å². The van der Waals surface area contributed by atoms with E-state index in [2.05, 4.69) is 20.6 Å². The molecule has 1 rings (SSSR count). The first-order chi connectivity index (χ1) is 8.27. The monoisotopic (exact) mass is 384 g/mol. The summed E-state index contributed by atoms with van der Waals surface area (Å²) in [5.74, 6) is 1.35. The van der Waals surface area contributed by atoms with Gasteiger partial charge in [0.1, 0.15) is 5.82 Å². The van der Waals surface area contributed by atoms with Gasteiger partial charge < -0.3 is 10.6 Å². The van der Waals surface area contributed by atoms with Crippen LogP contribution in [0.4, 0.5) is 4.39 Å². The van der Waals surface area contributed by atoms with Crippen molar-refractivity contribution >= 4 is 41.7 Å². The molecule has 0 spiro atoms. The maximum Gasteiger partial charge on any atom is 0.191 e. The first-order valence-corrected chi connectivity index (χ1v) is 6.70. The lowest BCUT2D eigenvalue weighted by molar-refractivity contribution is 0.593. The van der Waals surface area contributed by atoms with E-state index in [1.54, 1.807) is 31.1 Å². The van der Waals surface area contributed by atoms with Crippen molar-refractivity contribution in [2.45, 2.75) is 6.54 Å². The normalized spacial score (nSPS) is 10.7. The first kappa shape index (κ1) is 17.4. The zero-order valence-corrected chi connectivity index (χ0v) is 13.6. The topological polar surface area (TPSA) is 49.3 Å². The van der Waals surface area contributed by atoms with Gasteiger partial charge in [-0.1, -0.05) is 0 Å². The van der Waals surface area contributed by atoms with Crippen molar-refractivity contribution in [3.05, 3.63) is 29.8 Å². The van der Waals surface area contributed by atoms with E-state index in [-0.39, 0.29) is 29.8 Å². The zero-order valence-electron chi connectivity index (χ0n) is 10.4. The van der Waals surface area contributed by atoms with Gasteiger partial charge in [0.05, 0.1) is 12.2 Å². The van der Waals surface area contributed by atoms with Crippen molar-refractivity contribution in [2.75, 3.05) is 25.6 Å². The van der Waals surface area contributed by atoms with E-state index in [9.17, 15) is 4.39 Å². The molecule has 0 aliphatic carbocycles. The predicted octanol–water partition coefficient (Wildman–Crippen LogP) is 1.87. The van der Waals surface area contributed by atoms with Crippen LogP contribution in [0.1, 0.15) is 5.69 Å². The van der Waals surface area contributed by atoms with Crippen molar-refractivity contribution in [2.24, 2.45) is 4.99 Å². The summed E-state index contributed by atoms with van der Waals surface area (Å²) in [5, 5.41) is 6.14. The average molecular weight is 384 g/mol. The summed E-state index contributed by atoms with van der Waals surface area (Å²) in [5.41, 5.74) is 0.389. The molecular formula is C11H18FIN4S. The van der Waals surface area contributed by atoms with E-state index in [1.165, 1.54) is 6.07 Å². The van der Waals surface area contributed by atoms with Gasteiger partial charge in [0, 0.05) is 25.5 Å². The Kier molecular flexibility index (Phi) is 10.0. The second kappa shape index (κ2) is 10.4. The number of pyridine rings is 1. The third kappa shape index (κ3) is 6.39. The highest BCUT2D eigenvalue weighted by Gasteiger charge is 2.03. The largest absolute Gasteiger partial charge is 0.356 e. The molecule has 1 heterocycles.